The molecule has 1 aromatic rings. The van der Waals surface area contributed by atoms with E-state index < -0.39 is 0 Å². The van der Waals surface area contributed by atoms with Crippen LogP contribution in [0.1, 0.15) is 37.4 Å². The van der Waals surface area contributed by atoms with Crippen molar-refractivity contribution in [3.8, 4) is 0 Å². The fourth-order valence-electron chi connectivity index (χ4n) is 2.71. The highest BCUT2D eigenvalue weighted by Gasteiger charge is 2.21. The van der Waals surface area contributed by atoms with Gasteiger partial charge in [-0.25, -0.2) is 4.79 Å². The SMILES string of the molecule is Cc1ccccc1C(NC(=O)NCC1CCOC1)C(C)C. The minimum Gasteiger partial charge on any atom is -0.381 e. The van der Waals surface area contributed by atoms with Crippen molar-refractivity contribution in [1.29, 1.82) is 0 Å². The summed E-state index contributed by atoms with van der Waals surface area (Å²) in [6.45, 7) is 8.59. The van der Waals surface area contributed by atoms with Crippen molar-refractivity contribution in [2.45, 2.75) is 33.2 Å². The molecule has 0 spiro atoms. The normalized spacial score (nSPS) is 19.5. The number of nitrogens with one attached hydrogen (secondary N) is 2. The molecule has 2 N–H and O–H groups in total. The monoisotopic (exact) mass is 290 g/mol. The lowest BCUT2D eigenvalue weighted by atomic mass is 9.93. The largest absolute Gasteiger partial charge is 0.381 e. The summed E-state index contributed by atoms with van der Waals surface area (Å²) in [6, 6.07) is 8.16. The van der Waals surface area contributed by atoms with Crippen LogP contribution < -0.4 is 10.6 Å². The Morgan fingerprint density at radius 1 is 1.38 bits per heavy atom. The Hall–Kier alpha value is -1.55. The highest BCUT2D eigenvalue weighted by atomic mass is 16.5. The van der Waals surface area contributed by atoms with Gasteiger partial charge in [-0.05, 0) is 30.4 Å². The summed E-state index contributed by atoms with van der Waals surface area (Å²) < 4.78 is 5.32. The maximum atomic E-state index is 12.1. The van der Waals surface area contributed by atoms with Gasteiger partial charge in [0.1, 0.15) is 0 Å². The number of hydrogen-bond acceptors (Lipinski definition) is 2. The fourth-order valence-corrected chi connectivity index (χ4v) is 2.71. The van der Waals surface area contributed by atoms with Crippen molar-refractivity contribution in [2.75, 3.05) is 19.8 Å². The molecule has 0 aliphatic carbocycles. The molecule has 0 saturated carbocycles. The van der Waals surface area contributed by atoms with E-state index in [2.05, 4.69) is 43.5 Å². The van der Waals surface area contributed by atoms with Crippen molar-refractivity contribution < 1.29 is 9.53 Å². The maximum Gasteiger partial charge on any atom is 0.315 e. The summed E-state index contributed by atoms with van der Waals surface area (Å²) in [7, 11) is 0. The van der Waals surface area contributed by atoms with E-state index in [0.717, 1.165) is 19.6 Å². The van der Waals surface area contributed by atoms with Crippen LogP contribution in [-0.2, 0) is 4.74 Å². The molecule has 4 heteroatoms. The molecule has 0 bridgehead atoms. The lowest BCUT2D eigenvalue weighted by molar-refractivity contribution is 0.184. The van der Waals surface area contributed by atoms with Gasteiger partial charge in [0.15, 0.2) is 0 Å². The molecule has 1 saturated heterocycles. The molecule has 4 nitrogen and oxygen atoms in total. The van der Waals surface area contributed by atoms with Crippen LogP contribution in [0.3, 0.4) is 0 Å². The van der Waals surface area contributed by atoms with Gasteiger partial charge in [0.2, 0.25) is 0 Å². The van der Waals surface area contributed by atoms with E-state index in [-0.39, 0.29) is 12.1 Å². The number of carbonyl (C=O) groups excluding carboxylic acids is 1. The Morgan fingerprint density at radius 3 is 2.76 bits per heavy atom. The van der Waals surface area contributed by atoms with E-state index in [0.29, 0.717) is 18.4 Å². The second kappa shape index (κ2) is 7.46. The van der Waals surface area contributed by atoms with Crippen LogP contribution in [0.4, 0.5) is 4.79 Å². The van der Waals surface area contributed by atoms with Crippen molar-refractivity contribution >= 4 is 6.03 Å². The smallest absolute Gasteiger partial charge is 0.315 e. The number of hydrogen-bond donors (Lipinski definition) is 2. The lowest BCUT2D eigenvalue weighted by Gasteiger charge is -2.25. The van der Waals surface area contributed by atoms with E-state index in [1.54, 1.807) is 0 Å². The van der Waals surface area contributed by atoms with Crippen molar-refractivity contribution in [3.63, 3.8) is 0 Å². The maximum absolute atomic E-state index is 12.1. The summed E-state index contributed by atoms with van der Waals surface area (Å²) in [6.07, 6.45) is 1.03. The molecule has 2 amide bonds. The number of rotatable bonds is 5. The van der Waals surface area contributed by atoms with Crippen LogP contribution in [0.15, 0.2) is 24.3 Å². The quantitative estimate of drug-likeness (QED) is 0.875. The minimum atomic E-state index is -0.0937. The van der Waals surface area contributed by atoms with Gasteiger partial charge in [-0.2, -0.15) is 0 Å². The summed E-state index contributed by atoms with van der Waals surface area (Å²) >= 11 is 0. The summed E-state index contributed by atoms with van der Waals surface area (Å²) in [5.41, 5.74) is 2.40. The highest BCUT2D eigenvalue weighted by molar-refractivity contribution is 5.74. The Bertz CT molecular complexity index is 468. The molecule has 1 fully saturated rings. The van der Waals surface area contributed by atoms with Crippen molar-refractivity contribution in [2.24, 2.45) is 11.8 Å². The molecule has 1 aromatic carbocycles. The lowest BCUT2D eigenvalue weighted by Crippen LogP contribution is -2.41. The zero-order chi connectivity index (χ0) is 15.2. The first-order valence-corrected chi connectivity index (χ1v) is 7.75. The second-order valence-electron chi connectivity index (χ2n) is 6.16. The Kier molecular flexibility index (Phi) is 5.62. The van der Waals surface area contributed by atoms with Gasteiger partial charge < -0.3 is 15.4 Å². The average Bonchev–Trinajstić information content (AvgIpc) is 2.96. The molecule has 116 valence electrons. The number of amides is 2. The Balaban J connectivity index is 1.93. The van der Waals surface area contributed by atoms with Gasteiger partial charge in [0.25, 0.3) is 0 Å². The van der Waals surface area contributed by atoms with Crippen molar-refractivity contribution in [3.05, 3.63) is 35.4 Å². The number of aryl methyl sites for hydroxylation is 1. The van der Waals surface area contributed by atoms with Gasteiger partial charge in [-0.1, -0.05) is 38.1 Å². The fraction of sp³-hybridized carbons (Fsp3) is 0.588. The predicted octanol–water partition coefficient (Wildman–Crippen LogP) is 3.03. The molecule has 0 aromatic heterocycles. The van der Waals surface area contributed by atoms with Crippen LogP contribution in [0.25, 0.3) is 0 Å². The number of ether oxygens (including phenoxy) is 1. The van der Waals surface area contributed by atoms with Gasteiger partial charge in [0, 0.05) is 19.1 Å². The van der Waals surface area contributed by atoms with Gasteiger partial charge in [0.05, 0.1) is 12.6 Å². The number of carbonyl (C=O) groups is 1. The third-order valence-corrected chi connectivity index (χ3v) is 4.05. The van der Waals surface area contributed by atoms with E-state index in [9.17, 15) is 4.79 Å². The third kappa shape index (κ3) is 4.46. The van der Waals surface area contributed by atoms with Crippen molar-refractivity contribution in [1.82, 2.24) is 10.6 Å². The first-order chi connectivity index (χ1) is 10.1. The zero-order valence-corrected chi connectivity index (χ0v) is 13.2. The summed E-state index contributed by atoms with van der Waals surface area (Å²) in [5.74, 6) is 0.790. The average molecular weight is 290 g/mol. The molecule has 2 rings (SSSR count). The molecular formula is C17H26N2O2. The molecule has 1 heterocycles. The van der Waals surface area contributed by atoms with Crippen LogP contribution in [0.2, 0.25) is 0 Å². The topological polar surface area (TPSA) is 50.4 Å². The van der Waals surface area contributed by atoms with E-state index >= 15 is 0 Å². The molecular weight excluding hydrogens is 264 g/mol. The second-order valence-corrected chi connectivity index (χ2v) is 6.16. The predicted molar refractivity (Wildman–Crippen MR) is 84.2 cm³/mol. The van der Waals surface area contributed by atoms with E-state index in [4.69, 9.17) is 4.74 Å². The third-order valence-electron chi connectivity index (χ3n) is 4.05. The summed E-state index contributed by atoms with van der Waals surface area (Å²) in [4.78, 5) is 12.1. The number of urea groups is 1. The molecule has 2 unspecified atom stereocenters. The highest BCUT2D eigenvalue weighted by Crippen LogP contribution is 2.24. The van der Waals surface area contributed by atoms with E-state index in [1.807, 2.05) is 12.1 Å². The van der Waals surface area contributed by atoms with Crippen LogP contribution in [0.5, 0.6) is 0 Å². The minimum absolute atomic E-state index is 0.0334. The summed E-state index contributed by atoms with van der Waals surface area (Å²) in [5, 5.41) is 6.08. The van der Waals surface area contributed by atoms with Crippen LogP contribution in [0, 0.1) is 18.8 Å². The molecule has 2 atom stereocenters. The molecule has 1 aliphatic rings. The molecule has 21 heavy (non-hydrogen) atoms. The van der Waals surface area contributed by atoms with Crippen LogP contribution in [-0.4, -0.2) is 25.8 Å². The number of benzene rings is 1. The van der Waals surface area contributed by atoms with Gasteiger partial charge in [-0.15, -0.1) is 0 Å². The first kappa shape index (κ1) is 15.8. The Labute approximate surface area is 127 Å². The molecule has 0 radical (unpaired) electrons. The van der Waals surface area contributed by atoms with Gasteiger partial charge >= 0.3 is 6.03 Å². The van der Waals surface area contributed by atoms with E-state index in [1.165, 1.54) is 11.1 Å². The standard InChI is InChI=1S/C17H26N2O2/c1-12(2)16(15-7-5-4-6-13(15)3)19-17(20)18-10-14-8-9-21-11-14/h4-7,12,14,16H,8-11H2,1-3H3,(H2,18,19,20). The Morgan fingerprint density at radius 2 is 2.14 bits per heavy atom. The molecule has 1 aliphatic heterocycles. The zero-order valence-electron chi connectivity index (χ0n) is 13.2. The first-order valence-electron chi connectivity index (χ1n) is 7.75. The van der Waals surface area contributed by atoms with Gasteiger partial charge in [-0.3, -0.25) is 0 Å². The van der Waals surface area contributed by atoms with Crippen LogP contribution >= 0.6 is 0 Å².